The first kappa shape index (κ1) is 37.5. The molecule has 1 aliphatic heterocycles. The molecule has 0 aliphatic carbocycles. The average Bonchev–Trinajstić information content (AvgIpc) is 3.27. The van der Waals surface area contributed by atoms with Crippen LogP contribution < -0.4 is 26.8 Å². The Balaban J connectivity index is 1.73. The quantitative estimate of drug-likeness (QED) is 0.0764. The van der Waals surface area contributed by atoms with Gasteiger partial charge in [-0.3, -0.25) is 29.6 Å². The number of hydrazine groups is 1. The number of hydrogen-bond acceptors (Lipinski definition) is 11. The van der Waals surface area contributed by atoms with Gasteiger partial charge in [0.15, 0.2) is 0 Å². The van der Waals surface area contributed by atoms with E-state index in [-0.39, 0.29) is 37.3 Å². The number of carboxylic acids is 1. The van der Waals surface area contributed by atoms with Crippen LogP contribution in [0, 0.1) is 0 Å². The number of alkyl halides is 2. The summed E-state index contributed by atoms with van der Waals surface area (Å²) in [5, 5.41) is 16.8. The monoisotopic (exact) mass is 677 g/mol. The Labute approximate surface area is 266 Å². The van der Waals surface area contributed by atoms with Gasteiger partial charge in [0, 0.05) is 55.6 Å². The summed E-state index contributed by atoms with van der Waals surface area (Å²) in [5.41, 5.74) is 5.08. The van der Waals surface area contributed by atoms with Crippen LogP contribution >= 0.6 is 21.6 Å². The predicted molar refractivity (Wildman–Crippen MR) is 161 cm³/mol. The number of nitrogens with one attached hydrogen (secondary N) is 5. The zero-order valence-corrected chi connectivity index (χ0v) is 26.5. The van der Waals surface area contributed by atoms with E-state index in [9.17, 15) is 42.7 Å². The third kappa shape index (κ3) is 13.4. The van der Waals surface area contributed by atoms with E-state index in [4.69, 9.17) is 4.74 Å². The third-order valence-corrected chi connectivity index (χ3v) is 8.61. The van der Waals surface area contributed by atoms with E-state index >= 15 is 0 Å². The molecule has 1 aromatic rings. The number of rotatable bonds is 17. The number of carbonyl (C=O) groups is 6. The molecule has 0 spiro atoms. The lowest BCUT2D eigenvalue weighted by atomic mass is 10.2. The van der Waals surface area contributed by atoms with Crippen molar-refractivity contribution < 1.29 is 47.4 Å². The molecular weight excluding hydrogens is 640 g/mol. The van der Waals surface area contributed by atoms with Crippen molar-refractivity contribution in [3.63, 3.8) is 0 Å². The number of carboxylic acid groups (broad SMARTS) is 1. The predicted octanol–water partition coefficient (Wildman–Crippen LogP) is 0.664. The normalized spacial score (nSPS) is 16.6. The maximum absolute atomic E-state index is 13.7. The van der Waals surface area contributed by atoms with Crippen LogP contribution in [0.1, 0.15) is 49.2 Å². The Bertz CT molecular complexity index is 1230. The van der Waals surface area contributed by atoms with E-state index in [1.807, 2.05) is 0 Å². The number of aromatic nitrogens is 1. The fourth-order valence-electron chi connectivity index (χ4n) is 4.04. The van der Waals surface area contributed by atoms with Crippen LogP contribution in [0.3, 0.4) is 0 Å². The summed E-state index contributed by atoms with van der Waals surface area (Å²) in [6.07, 6.45) is -0.272. The number of aliphatic carboxylic acids is 1. The first-order valence-corrected chi connectivity index (χ1v) is 16.3. The van der Waals surface area contributed by atoms with Crippen LogP contribution in [0.25, 0.3) is 0 Å². The average molecular weight is 678 g/mol. The van der Waals surface area contributed by atoms with Gasteiger partial charge in [-0.2, -0.15) is 0 Å². The highest BCUT2D eigenvalue weighted by atomic mass is 33.1. The summed E-state index contributed by atoms with van der Waals surface area (Å²) < 4.78 is 32.2. The lowest BCUT2D eigenvalue weighted by Crippen LogP contribution is -2.48. The summed E-state index contributed by atoms with van der Waals surface area (Å²) in [6.45, 7) is 2.24. The molecule has 1 aliphatic rings. The molecule has 6 N–H and O–H groups in total. The molecule has 2 rings (SSSR count). The van der Waals surface area contributed by atoms with Crippen molar-refractivity contribution in [2.24, 2.45) is 0 Å². The van der Waals surface area contributed by atoms with E-state index in [1.165, 1.54) is 60.8 Å². The topological polar surface area (TPSA) is 208 Å². The van der Waals surface area contributed by atoms with Crippen molar-refractivity contribution in [1.29, 1.82) is 0 Å². The van der Waals surface area contributed by atoms with Crippen LogP contribution in [0.15, 0.2) is 18.3 Å². The number of halogens is 2. The Morgan fingerprint density at radius 2 is 1.87 bits per heavy atom. The molecule has 1 saturated heterocycles. The zero-order valence-electron chi connectivity index (χ0n) is 24.9. The van der Waals surface area contributed by atoms with Crippen molar-refractivity contribution in [1.82, 2.24) is 36.7 Å². The fourth-order valence-corrected chi connectivity index (χ4v) is 6.02. The molecule has 2 heterocycles. The molecule has 45 heavy (non-hydrogen) atoms. The summed E-state index contributed by atoms with van der Waals surface area (Å²) in [5.74, 6) is -6.19. The molecule has 0 bridgehead atoms. The van der Waals surface area contributed by atoms with Crippen LogP contribution in [-0.4, -0.2) is 106 Å². The van der Waals surface area contributed by atoms with Gasteiger partial charge in [-0.05, 0) is 26.0 Å². The van der Waals surface area contributed by atoms with Crippen molar-refractivity contribution >= 4 is 57.3 Å². The van der Waals surface area contributed by atoms with Crippen molar-refractivity contribution in [2.45, 2.75) is 63.7 Å². The molecular formula is C26H37F2N7O8S2. The van der Waals surface area contributed by atoms with Crippen LogP contribution in [-0.2, 0) is 30.5 Å². The molecule has 0 radical (unpaired) electrons. The minimum atomic E-state index is -2.97. The maximum atomic E-state index is 13.7. The Kier molecular flexibility index (Phi) is 15.2. The molecule has 5 amide bonds. The first-order valence-electron chi connectivity index (χ1n) is 13.8. The highest BCUT2D eigenvalue weighted by Gasteiger charge is 2.45. The minimum absolute atomic E-state index is 0.0382. The number of pyridine rings is 1. The summed E-state index contributed by atoms with van der Waals surface area (Å²) in [7, 11) is 3.94. The van der Waals surface area contributed by atoms with Gasteiger partial charge >= 0.3 is 12.1 Å². The van der Waals surface area contributed by atoms with Gasteiger partial charge in [-0.25, -0.2) is 23.8 Å². The molecule has 15 nitrogen and oxygen atoms in total. The summed E-state index contributed by atoms with van der Waals surface area (Å²) >= 11 is 0. The van der Waals surface area contributed by atoms with E-state index in [0.29, 0.717) is 11.4 Å². The molecule has 250 valence electrons. The second-order valence-corrected chi connectivity index (χ2v) is 12.6. The highest BCUT2D eigenvalue weighted by molar-refractivity contribution is 8.76. The first-order chi connectivity index (χ1) is 21.2. The minimum Gasteiger partial charge on any atom is -0.480 e. The summed E-state index contributed by atoms with van der Waals surface area (Å²) in [6, 6.07) is -0.118. The van der Waals surface area contributed by atoms with Crippen molar-refractivity contribution in [3.05, 3.63) is 29.6 Å². The highest BCUT2D eigenvalue weighted by Crippen LogP contribution is 2.32. The van der Waals surface area contributed by atoms with E-state index in [1.54, 1.807) is 0 Å². The van der Waals surface area contributed by atoms with Gasteiger partial charge in [-0.1, -0.05) is 21.6 Å². The van der Waals surface area contributed by atoms with Gasteiger partial charge in [0.2, 0.25) is 17.7 Å². The van der Waals surface area contributed by atoms with Crippen LogP contribution in [0.2, 0.25) is 0 Å². The Hall–Kier alpha value is -3.71. The Morgan fingerprint density at radius 3 is 2.51 bits per heavy atom. The number of ether oxygens (including phenoxy) is 1. The summed E-state index contributed by atoms with van der Waals surface area (Å²) in [4.78, 5) is 77.6. The molecule has 19 heteroatoms. The zero-order chi connectivity index (χ0) is 33.6. The van der Waals surface area contributed by atoms with Gasteiger partial charge in [-0.15, -0.1) is 0 Å². The number of hydrogen-bond donors (Lipinski definition) is 6. The Morgan fingerprint density at radius 1 is 1.16 bits per heavy atom. The smallest absolute Gasteiger partial charge is 0.421 e. The van der Waals surface area contributed by atoms with Crippen LogP contribution in [0.4, 0.5) is 13.6 Å². The molecule has 0 saturated carbocycles. The SMILES string of the molecule is CNNC(=O)OCCSSCC(NC(=O)CCC(=O)NCc1cc(C(=O)N[C@H](C)C(=O)N2CC(F)(F)C[C@H]2C)ccn1)C(=O)O. The van der Waals surface area contributed by atoms with Crippen molar-refractivity contribution in [3.8, 4) is 0 Å². The molecule has 1 unspecified atom stereocenters. The second-order valence-electron chi connectivity index (χ2n) is 9.96. The van der Waals surface area contributed by atoms with Gasteiger partial charge in [0.25, 0.3) is 11.8 Å². The number of amides is 5. The van der Waals surface area contributed by atoms with Crippen LogP contribution in [0.5, 0.6) is 0 Å². The molecule has 0 aromatic carbocycles. The molecule has 3 atom stereocenters. The van der Waals surface area contributed by atoms with Gasteiger partial charge in [0.1, 0.15) is 18.7 Å². The van der Waals surface area contributed by atoms with E-state index in [0.717, 1.165) is 4.90 Å². The van der Waals surface area contributed by atoms with E-state index in [2.05, 4.69) is 31.8 Å². The van der Waals surface area contributed by atoms with Crippen molar-refractivity contribution in [2.75, 3.05) is 31.7 Å². The van der Waals surface area contributed by atoms with E-state index < -0.39 is 72.7 Å². The maximum Gasteiger partial charge on any atom is 0.421 e. The lowest BCUT2D eigenvalue weighted by Gasteiger charge is -2.25. The van der Waals surface area contributed by atoms with Gasteiger partial charge < -0.3 is 30.7 Å². The largest absolute Gasteiger partial charge is 0.480 e. The fraction of sp³-hybridized carbons (Fsp3) is 0.577. The number of nitrogens with zero attached hydrogens (tertiary/aromatic N) is 2. The molecule has 1 fully saturated rings. The van der Waals surface area contributed by atoms with Gasteiger partial charge in [0.05, 0.1) is 18.8 Å². The lowest BCUT2D eigenvalue weighted by molar-refractivity contribution is -0.141. The number of likely N-dealkylation sites (tertiary alicyclic amines) is 1. The second kappa shape index (κ2) is 18.3. The third-order valence-electron chi connectivity index (χ3n) is 6.23. The standard InChI is InChI=1S/C26H37F2N7O8S2/c1-15-11-26(27,28)14-35(15)23(39)16(2)32-22(38)17-6-7-30-18(10-17)12-31-20(36)4-5-21(37)33-19(24(40)41)13-45-44-9-8-43-25(42)34-29-3/h6-7,10,15-16,19,29H,4-5,8-9,11-14H2,1-3H3,(H,31,36)(H,32,38)(H,33,37)(H,34,42)(H,40,41)/t15-,16-,19?/m1/s1. The number of carbonyl (C=O) groups excluding carboxylic acids is 5. The molecule has 1 aromatic heterocycles.